The highest BCUT2D eigenvalue weighted by molar-refractivity contribution is 5.85. The Morgan fingerprint density at radius 3 is 2.73 bits per heavy atom. The molecule has 0 bridgehead atoms. The number of nitrogens with one attached hydrogen (secondary N) is 1. The van der Waals surface area contributed by atoms with E-state index >= 15 is 0 Å². The van der Waals surface area contributed by atoms with Crippen LogP contribution in [-0.4, -0.2) is 53.1 Å². The number of likely N-dealkylation sites (tertiary alicyclic amines) is 1. The number of piperidine rings is 1. The first-order valence-corrected chi connectivity index (χ1v) is 7.78. The molecule has 1 aromatic carbocycles. The summed E-state index contributed by atoms with van der Waals surface area (Å²) < 4.78 is 0. The van der Waals surface area contributed by atoms with Gasteiger partial charge in [0.2, 0.25) is 0 Å². The van der Waals surface area contributed by atoms with Crippen LogP contribution in [0.2, 0.25) is 0 Å². The van der Waals surface area contributed by atoms with Crippen LogP contribution in [0, 0.1) is 0 Å². The summed E-state index contributed by atoms with van der Waals surface area (Å²) in [5, 5.41) is 11.2. The van der Waals surface area contributed by atoms with Crippen molar-refractivity contribution in [2.75, 3.05) is 27.2 Å². The number of aromatic nitrogens is 1. The zero-order valence-corrected chi connectivity index (χ0v) is 13.2. The normalized spacial score (nSPS) is 17.4. The fourth-order valence-corrected chi connectivity index (χ4v) is 3.23. The van der Waals surface area contributed by atoms with Gasteiger partial charge in [0, 0.05) is 18.0 Å². The van der Waals surface area contributed by atoms with Gasteiger partial charge in [0.05, 0.1) is 11.1 Å². The van der Waals surface area contributed by atoms with Crippen molar-refractivity contribution in [3.05, 3.63) is 40.2 Å². The van der Waals surface area contributed by atoms with E-state index in [0.717, 1.165) is 25.9 Å². The predicted octanol–water partition coefficient (Wildman–Crippen LogP) is 1.76. The molecule has 0 radical (unpaired) electrons. The van der Waals surface area contributed by atoms with E-state index in [0.29, 0.717) is 29.1 Å². The van der Waals surface area contributed by atoms with Gasteiger partial charge in [-0.3, -0.25) is 9.69 Å². The van der Waals surface area contributed by atoms with Crippen molar-refractivity contribution in [1.29, 1.82) is 0 Å². The molecule has 2 aromatic rings. The number of hydrogen-bond acceptors (Lipinski definition) is 4. The van der Waals surface area contributed by atoms with E-state index in [-0.39, 0.29) is 11.3 Å². The fraction of sp³-hybridized carbons (Fsp3) is 0.471. The third kappa shape index (κ3) is 2.87. The Labute approximate surface area is 130 Å². The van der Waals surface area contributed by atoms with Crippen molar-refractivity contribution < 1.29 is 5.11 Å². The minimum Gasteiger partial charge on any atom is -0.507 e. The summed E-state index contributed by atoms with van der Waals surface area (Å²) in [7, 11) is 4.17. The Morgan fingerprint density at radius 2 is 2.00 bits per heavy atom. The van der Waals surface area contributed by atoms with Gasteiger partial charge < -0.3 is 15.0 Å². The maximum Gasteiger partial charge on any atom is 0.256 e. The molecule has 5 heteroatoms. The summed E-state index contributed by atoms with van der Waals surface area (Å²) in [6.45, 7) is 2.63. The first-order valence-electron chi connectivity index (χ1n) is 7.78. The Kier molecular flexibility index (Phi) is 4.18. The Bertz CT molecular complexity index is 717. The van der Waals surface area contributed by atoms with Gasteiger partial charge in [-0.05, 0) is 52.2 Å². The zero-order valence-electron chi connectivity index (χ0n) is 13.2. The number of nitrogens with zero attached hydrogens (tertiary/aromatic N) is 2. The lowest BCUT2D eigenvalue weighted by atomic mass is 10.0. The third-order valence-corrected chi connectivity index (χ3v) is 4.71. The van der Waals surface area contributed by atoms with E-state index in [1.165, 1.54) is 0 Å². The molecule has 1 aliphatic rings. The molecule has 0 spiro atoms. The smallest absolute Gasteiger partial charge is 0.256 e. The van der Waals surface area contributed by atoms with Gasteiger partial charge in [0.15, 0.2) is 0 Å². The molecule has 2 N–H and O–H groups in total. The van der Waals surface area contributed by atoms with E-state index in [4.69, 9.17) is 0 Å². The summed E-state index contributed by atoms with van der Waals surface area (Å²) in [5.74, 6) is 0.110. The Balaban J connectivity index is 1.86. The molecule has 0 aliphatic carbocycles. The number of aromatic hydroxyl groups is 1. The monoisotopic (exact) mass is 301 g/mol. The number of para-hydroxylation sites is 1. The SMILES string of the molecule is CN1CCC(N(C)Cc2c(O)c3ccccc3[nH]c2=O)CC1. The van der Waals surface area contributed by atoms with Crippen LogP contribution in [-0.2, 0) is 6.54 Å². The molecule has 1 aromatic heterocycles. The fourth-order valence-electron chi connectivity index (χ4n) is 3.23. The second-order valence-electron chi connectivity index (χ2n) is 6.28. The summed E-state index contributed by atoms with van der Waals surface area (Å²) in [6.07, 6.45) is 2.19. The Morgan fingerprint density at radius 1 is 1.32 bits per heavy atom. The second kappa shape index (κ2) is 6.10. The van der Waals surface area contributed by atoms with Gasteiger partial charge >= 0.3 is 0 Å². The van der Waals surface area contributed by atoms with E-state index in [1.807, 2.05) is 25.2 Å². The highest BCUT2D eigenvalue weighted by Gasteiger charge is 2.22. The van der Waals surface area contributed by atoms with Crippen LogP contribution < -0.4 is 5.56 Å². The van der Waals surface area contributed by atoms with Gasteiger partial charge in [0.1, 0.15) is 5.75 Å². The number of rotatable bonds is 3. The van der Waals surface area contributed by atoms with Crippen LogP contribution in [0.5, 0.6) is 5.75 Å². The molecule has 0 saturated carbocycles. The molecule has 1 aliphatic heterocycles. The molecule has 118 valence electrons. The number of aromatic amines is 1. The molecule has 22 heavy (non-hydrogen) atoms. The number of H-pyrrole nitrogens is 1. The van der Waals surface area contributed by atoms with E-state index in [2.05, 4.69) is 21.8 Å². The largest absolute Gasteiger partial charge is 0.507 e. The van der Waals surface area contributed by atoms with Crippen molar-refractivity contribution in [2.45, 2.75) is 25.4 Å². The minimum atomic E-state index is -0.198. The van der Waals surface area contributed by atoms with Crippen molar-refractivity contribution >= 4 is 10.9 Å². The first-order chi connectivity index (χ1) is 10.6. The average Bonchev–Trinajstić information content (AvgIpc) is 2.52. The molecule has 0 amide bonds. The number of hydrogen-bond donors (Lipinski definition) is 2. The molecule has 2 heterocycles. The molecule has 1 saturated heterocycles. The maximum atomic E-state index is 12.3. The number of fused-ring (bicyclic) bond motifs is 1. The van der Waals surface area contributed by atoms with Crippen LogP contribution in [0.15, 0.2) is 29.1 Å². The van der Waals surface area contributed by atoms with E-state index < -0.39 is 0 Å². The van der Waals surface area contributed by atoms with Crippen LogP contribution in [0.4, 0.5) is 0 Å². The van der Waals surface area contributed by atoms with E-state index in [9.17, 15) is 9.90 Å². The number of pyridine rings is 1. The lowest BCUT2D eigenvalue weighted by molar-refractivity contribution is 0.138. The lowest BCUT2D eigenvalue weighted by Gasteiger charge is -2.35. The van der Waals surface area contributed by atoms with Crippen LogP contribution >= 0.6 is 0 Å². The Hall–Kier alpha value is -1.85. The van der Waals surface area contributed by atoms with Crippen molar-refractivity contribution in [3.63, 3.8) is 0 Å². The van der Waals surface area contributed by atoms with Gasteiger partial charge in [-0.2, -0.15) is 0 Å². The zero-order chi connectivity index (χ0) is 15.7. The van der Waals surface area contributed by atoms with Crippen LogP contribution in [0.3, 0.4) is 0 Å². The third-order valence-electron chi connectivity index (χ3n) is 4.71. The summed E-state index contributed by atoms with van der Waals surface area (Å²) in [5.41, 5.74) is 0.937. The molecule has 3 rings (SSSR count). The quantitative estimate of drug-likeness (QED) is 0.907. The second-order valence-corrected chi connectivity index (χ2v) is 6.28. The molecular formula is C17H23N3O2. The van der Waals surface area contributed by atoms with Crippen molar-refractivity contribution in [3.8, 4) is 5.75 Å². The van der Waals surface area contributed by atoms with Gasteiger partial charge in [-0.25, -0.2) is 0 Å². The minimum absolute atomic E-state index is 0.110. The lowest BCUT2D eigenvalue weighted by Crippen LogP contribution is -2.42. The van der Waals surface area contributed by atoms with E-state index in [1.54, 1.807) is 6.07 Å². The van der Waals surface area contributed by atoms with Crippen molar-refractivity contribution in [2.24, 2.45) is 0 Å². The van der Waals surface area contributed by atoms with Crippen LogP contribution in [0.25, 0.3) is 10.9 Å². The van der Waals surface area contributed by atoms with Crippen molar-refractivity contribution in [1.82, 2.24) is 14.8 Å². The molecule has 5 nitrogen and oxygen atoms in total. The maximum absolute atomic E-state index is 12.3. The van der Waals surface area contributed by atoms with Gasteiger partial charge in [0.25, 0.3) is 5.56 Å². The highest BCUT2D eigenvalue weighted by atomic mass is 16.3. The highest BCUT2D eigenvalue weighted by Crippen LogP contribution is 2.26. The molecule has 1 fully saturated rings. The van der Waals surface area contributed by atoms with Gasteiger partial charge in [-0.1, -0.05) is 12.1 Å². The summed E-state index contributed by atoms with van der Waals surface area (Å²) in [6, 6.07) is 7.81. The summed E-state index contributed by atoms with van der Waals surface area (Å²) in [4.78, 5) is 19.6. The topological polar surface area (TPSA) is 59.6 Å². The first kappa shape index (κ1) is 15.1. The van der Waals surface area contributed by atoms with Gasteiger partial charge in [-0.15, -0.1) is 0 Å². The van der Waals surface area contributed by atoms with Crippen LogP contribution in [0.1, 0.15) is 18.4 Å². The number of benzene rings is 1. The molecule has 0 unspecified atom stereocenters. The average molecular weight is 301 g/mol. The molecular weight excluding hydrogens is 278 g/mol. The predicted molar refractivity (Wildman–Crippen MR) is 88.2 cm³/mol. The molecule has 0 atom stereocenters. The summed E-state index contributed by atoms with van der Waals surface area (Å²) >= 11 is 0. The standard InChI is InChI=1S/C17H23N3O2/c1-19-9-7-12(8-10-19)20(2)11-14-16(21)13-5-3-4-6-15(13)18-17(14)22/h3-6,12H,7-11H2,1-2H3,(H2,18,21,22).